The first-order valence-corrected chi connectivity index (χ1v) is 7.41. The van der Waals surface area contributed by atoms with E-state index in [-0.39, 0.29) is 18.9 Å². The van der Waals surface area contributed by atoms with Crippen LogP contribution in [0.25, 0.3) is 6.08 Å². The number of carbonyl (C=O) groups excluding carboxylic acids is 2. The molecule has 2 aromatic rings. The van der Waals surface area contributed by atoms with Crippen molar-refractivity contribution in [2.24, 2.45) is 5.73 Å². The molecule has 0 aliphatic heterocycles. The third-order valence-corrected chi connectivity index (χ3v) is 3.69. The second-order valence-corrected chi connectivity index (χ2v) is 5.37. The van der Waals surface area contributed by atoms with Gasteiger partial charge in [-0.3, -0.25) is 9.59 Å². The maximum Gasteiger partial charge on any atom is 0.251 e. The fourth-order valence-electron chi connectivity index (χ4n) is 1.83. The lowest BCUT2D eigenvalue weighted by Gasteiger charge is -2.20. The molecule has 4 nitrogen and oxygen atoms in total. The van der Waals surface area contributed by atoms with Crippen LogP contribution in [0.5, 0.6) is 0 Å². The summed E-state index contributed by atoms with van der Waals surface area (Å²) in [7, 11) is 0. The van der Waals surface area contributed by atoms with Gasteiger partial charge in [-0.2, -0.15) is 0 Å². The van der Waals surface area contributed by atoms with Crippen LogP contribution in [0.3, 0.4) is 0 Å². The molecule has 1 aromatic carbocycles. The summed E-state index contributed by atoms with van der Waals surface area (Å²) < 4.78 is 0. The van der Waals surface area contributed by atoms with Crippen LogP contribution in [0, 0.1) is 0 Å². The van der Waals surface area contributed by atoms with Gasteiger partial charge in [0.2, 0.25) is 5.91 Å². The van der Waals surface area contributed by atoms with Crippen molar-refractivity contribution in [1.29, 1.82) is 0 Å². The van der Waals surface area contributed by atoms with E-state index in [1.165, 1.54) is 6.08 Å². The maximum absolute atomic E-state index is 12.3. The molecule has 5 heteroatoms. The van der Waals surface area contributed by atoms with E-state index >= 15 is 0 Å². The Labute approximate surface area is 127 Å². The number of amides is 2. The first kappa shape index (κ1) is 15.0. The zero-order chi connectivity index (χ0) is 15.1. The number of thiophene rings is 1. The molecule has 0 aliphatic carbocycles. The summed E-state index contributed by atoms with van der Waals surface area (Å²) in [5.41, 5.74) is 5.93. The van der Waals surface area contributed by atoms with Gasteiger partial charge in [-0.25, -0.2) is 0 Å². The molecule has 2 rings (SSSR count). The van der Waals surface area contributed by atoms with Crippen LogP contribution in [0.2, 0.25) is 0 Å². The quantitative estimate of drug-likeness (QED) is 0.834. The minimum Gasteiger partial charge on any atom is -0.370 e. The first-order valence-electron chi connectivity index (χ1n) is 6.53. The second kappa shape index (κ2) is 7.40. The molecule has 108 valence electrons. The van der Waals surface area contributed by atoms with Crippen molar-refractivity contribution in [1.82, 2.24) is 0 Å². The number of benzene rings is 1. The first-order chi connectivity index (χ1) is 10.2. The minimum absolute atomic E-state index is 0.132. The Morgan fingerprint density at radius 3 is 2.52 bits per heavy atom. The van der Waals surface area contributed by atoms with E-state index in [0.717, 1.165) is 10.6 Å². The lowest BCUT2D eigenvalue weighted by molar-refractivity contribution is -0.118. The monoisotopic (exact) mass is 300 g/mol. The highest BCUT2D eigenvalue weighted by atomic mass is 32.1. The molecule has 0 radical (unpaired) electrons. The van der Waals surface area contributed by atoms with Gasteiger partial charge < -0.3 is 10.6 Å². The Morgan fingerprint density at radius 1 is 1.14 bits per heavy atom. The van der Waals surface area contributed by atoms with Crippen LogP contribution < -0.4 is 10.6 Å². The predicted molar refractivity (Wildman–Crippen MR) is 86.0 cm³/mol. The van der Waals surface area contributed by atoms with E-state index in [2.05, 4.69) is 0 Å². The number of hydrogen-bond acceptors (Lipinski definition) is 3. The Morgan fingerprint density at radius 2 is 1.90 bits per heavy atom. The van der Waals surface area contributed by atoms with Crippen LogP contribution in [-0.4, -0.2) is 18.4 Å². The number of anilines is 1. The standard InChI is InChI=1S/C16H16N2O2S/c17-15(19)10-11-18(13-5-2-1-3-6-13)16(20)9-8-14-7-4-12-21-14/h1-9,12H,10-11H2,(H2,17,19)/b9-8+. The predicted octanol–water partition coefficient (Wildman–Crippen LogP) is 2.67. The number of para-hydroxylation sites is 1. The summed E-state index contributed by atoms with van der Waals surface area (Å²) in [6.07, 6.45) is 3.42. The van der Waals surface area contributed by atoms with Gasteiger partial charge in [-0.15, -0.1) is 11.3 Å². The van der Waals surface area contributed by atoms with Gasteiger partial charge in [0.05, 0.1) is 0 Å². The van der Waals surface area contributed by atoms with Gasteiger partial charge in [0.1, 0.15) is 0 Å². The van der Waals surface area contributed by atoms with Gasteiger partial charge in [0.25, 0.3) is 5.91 Å². The van der Waals surface area contributed by atoms with Crippen molar-refractivity contribution in [2.45, 2.75) is 6.42 Å². The van der Waals surface area contributed by atoms with Crippen LogP contribution in [0.4, 0.5) is 5.69 Å². The van der Waals surface area contributed by atoms with Crippen LogP contribution in [0.15, 0.2) is 53.9 Å². The molecule has 0 bridgehead atoms. The smallest absolute Gasteiger partial charge is 0.251 e. The highest BCUT2D eigenvalue weighted by molar-refractivity contribution is 7.10. The number of carbonyl (C=O) groups is 2. The molecule has 0 saturated carbocycles. The lowest BCUT2D eigenvalue weighted by atomic mass is 10.2. The van der Waals surface area contributed by atoms with E-state index < -0.39 is 5.91 Å². The third kappa shape index (κ3) is 4.57. The largest absolute Gasteiger partial charge is 0.370 e. The SMILES string of the molecule is NC(=O)CCN(C(=O)/C=C/c1cccs1)c1ccccc1. The van der Waals surface area contributed by atoms with Crippen molar-refractivity contribution in [3.63, 3.8) is 0 Å². The topological polar surface area (TPSA) is 63.4 Å². The summed E-state index contributed by atoms with van der Waals surface area (Å²) >= 11 is 1.56. The van der Waals surface area contributed by atoms with Gasteiger partial charge in [-0.05, 0) is 29.7 Å². The summed E-state index contributed by atoms with van der Waals surface area (Å²) in [5.74, 6) is -0.596. The molecule has 2 amide bonds. The molecule has 2 N–H and O–H groups in total. The molecule has 0 spiro atoms. The van der Waals surface area contributed by atoms with Crippen LogP contribution >= 0.6 is 11.3 Å². The zero-order valence-corrected chi connectivity index (χ0v) is 12.3. The zero-order valence-electron chi connectivity index (χ0n) is 11.4. The van der Waals surface area contributed by atoms with Crippen LogP contribution in [0.1, 0.15) is 11.3 Å². The van der Waals surface area contributed by atoms with Gasteiger partial charge in [0.15, 0.2) is 0 Å². The van der Waals surface area contributed by atoms with Crippen molar-refractivity contribution in [2.75, 3.05) is 11.4 Å². The summed E-state index contributed by atoms with van der Waals surface area (Å²) in [5, 5.41) is 1.95. The van der Waals surface area contributed by atoms with Crippen molar-refractivity contribution in [3.05, 3.63) is 58.8 Å². The highest BCUT2D eigenvalue weighted by Crippen LogP contribution is 2.16. The van der Waals surface area contributed by atoms with Crippen molar-refractivity contribution in [3.8, 4) is 0 Å². The Bertz CT molecular complexity index is 621. The van der Waals surface area contributed by atoms with Crippen LogP contribution in [-0.2, 0) is 9.59 Å². The molecule has 0 atom stereocenters. The molecular weight excluding hydrogens is 284 g/mol. The second-order valence-electron chi connectivity index (χ2n) is 4.39. The number of hydrogen-bond donors (Lipinski definition) is 1. The summed E-state index contributed by atoms with van der Waals surface area (Å²) in [6.45, 7) is 0.271. The normalized spacial score (nSPS) is 10.7. The molecule has 1 aromatic heterocycles. The lowest BCUT2D eigenvalue weighted by Crippen LogP contribution is -2.32. The van der Waals surface area contributed by atoms with E-state index in [0.29, 0.717) is 0 Å². The van der Waals surface area contributed by atoms with E-state index in [9.17, 15) is 9.59 Å². The summed E-state index contributed by atoms with van der Waals surface area (Å²) in [6, 6.07) is 13.1. The highest BCUT2D eigenvalue weighted by Gasteiger charge is 2.13. The third-order valence-electron chi connectivity index (χ3n) is 2.85. The molecule has 0 aliphatic rings. The van der Waals surface area contributed by atoms with Crippen molar-refractivity contribution < 1.29 is 9.59 Å². The maximum atomic E-state index is 12.3. The van der Waals surface area contributed by atoms with E-state index in [1.54, 1.807) is 22.3 Å². The fraction of sp³-hybridized carbons (Fsp3) is 0.125. The van der Waals surface area contributed by atoms with E-state index in [1.807, 2.05) is 47.8 Å². The molecule has 0 unspecified atom stereocenters. The molecule has 0 fully saturated rings. The molecule has 0 saturated heterocycles. The number of rotatable bonds is 6. The molecule has 1 heterocycles. The Balaban J connectivity index is 2.14. The van der Waals surface area contributed by atoms with E-state index in [4.69, 9.17) is 5.73 Å². The summed E-state index contributed by atoms with van der Waals surface area (Å²) in [4.78, 5) is 25.9. The van der Waals surface area contributed by atoms with Crippen molar-refractivity contribution >= 4 is 34.9 Å². The Hall–Kier alpha value is -2.40. The average Bonchev–Trinajstić information content (AvgIpc) is 2.99. The number of primary amides is 1. The number of nitrogens with zero attached hydrogens (tertiary/aromatic N) is 1. The minimum atomic E-state index is -0.425. The number of nitrogens with two attached hydrogens (primary N) is 1. The van der Waals surface area contributed by atoms with Gasteiger partial charge >= 0.3 is 0 Å². The van der Waals surface area contributed by atoms with Gasteiger partial charge in [0, 0.05) is 29.6 Å². The Kier molecular flexibility index (Phi) is 5.29. The molecule has 21 heavy (non-hydrogen) atoms. The fourth-order valence-corrected chi connectivity index (χ4v) is 2.44. The van der Waals surface area contributed by atoms with Gasteiger partial charge in [-0.1, -0.05) is 24.3 Å². The molecular formula is C16H16N2O2S. The average molecular weight is 300 g/mol.